The molecule has 0 aliphatic carbocycles. The van der Waals surface area contributed by atoms with Crippen LogP contribution in [0.3, 0.4) is 0 Å². The number of hydrogen-bond donors (Lipinski definition) is 1. The molecular formula is C10H23NO2S. The molecule has 1 N–H and O–H groups in total. The standard InChI is InChI=1S/C10H23NO2S/c1-6-11-10(8(2)3)7-14(12,13)9(4)5/h8-11H,6-7H2,1-5H3. The molecule has 0 fully saturated rings. The van der Waals surface area contributed by atoms with Crippen LogP contribution in [0.25, 0.3) is 0 Å². The van der Waals surface area contributed by atoms with Crippen LogP contribution in [0.2, 0.25) is 0 Å². The summed E-state index contributed by atoms with van der Waals surface area (Å²) in [5.41, 5.74) is 0. The molecule has 0 heterocycles. The number of rotatable bonds is 6. The Morgan fingerprint density at radius 2 is 1.64 bits per heavy atom. The lowest BCUT2D eigenvalue weighted by Crippen LogP contribution is -2.41. The lowest BCUT2D eigenvalue weighted by molar-refractivity contribution is 0.434. The van der Waals surface area contributed by atoms with E-state index in [1.165, 1.54) is 0 Å². The summed E-state index contributed by atoms with van der Waals surface area (Å²) < 4.78 is 23.4. The Bertz CT molecular complexity index is 245. The fraction of sp³-hybridized carbons (Fsp3) is 1.00. The van der Waals surface area contributed by atoms with E-state index in [0.29, 0.717) is 5.92 Å². The molecule has 1 unspecified atom stereocenters. The third-order valence-corrected chi connectivity index (χ3v) is 4.66. The molecular weight excluding hydrogens is 198 g/mol. The van der Waals surface area contributed by atoms with E-state index in [0.717, 1.165) is 6.54 Å². The van der Waals surface area contributed by atoms with E-state index >= 15 is 0 Å². The van der Waals surface area contributed by atoms with Gasteiger partial charge in [0.15, 0.2) is 9.84 Å². The monoisotopic (exact) mass is 221 g/mol. The average Bonchev–Trinajstić information content (AvgIpc) is 2.02. The molecule has 86 valence electrons. The van der Waals surface area contributed by atoms with Gasteiger partial charge >= 0.3 is 0 Å². The van der Waals surface area contributed by atoms with Crippen LogP contribution in [0.15, 0.2) is 0 Å². The highest BCUT2D eigenvalue weighted by atomic mass is 32.2. The SMILES string of the molecule is CCNC(CS(=O)(=O)C(C)C)C(C)C. The van der Waals surface area contributed by atoms with Crippen molar-refractivity contribution in [1.29, 1.82) is 0 Å². The van der Waals surface area contributed by atoms with E-state index < -0.39 is 9.84 Å². The summed E-state index contributed by atoms with van der Waals surface area (Å²) in [6.07, 6.45) is 0. The summed E-state index contributed by atoms with van der Waals surface area (Å²) in [4.78, 5) is 0. The summed E-state index contributed by atoms with van der Waals surface area (Å²) in [6.45, 7) is 10.4. The zero-order valence-electron chi connectivity index (χ0n) is 9.87. The Labute approximate surface area is 88.2 Å². The first-order chi connectivity index (χ1) is 6.31. The van der Waals surface area contributed by atoms with Gasteiger partial charge in [-0.3, -0.25) is 0 Å². The molecule has 0 aliphatic heterocycles. The summed E-state index contributed by atoms with van der Waals surface area (Å²) >= 11 is 0. The second-order valence-corrected chi connectivity index (χ2v) is 6.89. The van der Waals surface area contributed by atoms with Crippen molar-refractivity contribution < 1.29 is 8.42 Å². The Kier molecular flexibility index (Phi) is 5.67. The van der Waals surface area contributed by atoms with Crippen molar-refractivity contribution in [3.63, 3.8) is 0 Å². The topological polar surface area (TPSA) is 46.2 Å². The van der Waals surface area contributed by atoms with Crippen molar-refractivity contribution in [3.05, 3.63) is 0 Å². The maximum atomic E-state index is 11.7. The molecule has 0 aromatic heterocycles. The summed E-state index contributed by atoms with van der Waals surface area (Å²) in [5.74, 6) is 0.597. The molecule has 0 radical (unpaired) electrons. The predicted molar refractivity (Wildman–Crippen MR) is 61.2 cm³/mol. The Hall–Kier alpha value is -0.0900. The van der Waals surface area contributed by atoms with Crippen LogP contribution in [0.1, 0.15) is 34.6 Å². The maximum Gasteiger partial charge on any atom is 0.154 e. The molecule has 0 aromatic rings. The molecule has 0 aromatic carbocycles. The van der Waals surface area contributed by atoms with Crippen LogP contribution in [-0.4, -0.2) is 32.0 Å². The second kappa shape index (κ2) is 5.71. The van der Waals surface area contributed by atoms with Crippen LogP contribution >= 0.6 is 0 Å². The highest BCUT2D eigenvalue weighted by Gasteiger charge is 2.23. The third kappa shape index (κ3) is 4.42. The fourth-order valence-electron chi connectivity index (χ4n) is 1.19. The Morgan fingerprint density at radius 1 is 1.14 bits per heavy atom. The van der Waals surface area contributed by atoms with Crippen LogP contribution < -0.4 is 5.32 Å². The van der Waals surface area contributed by atoms with Crippen molar-refractivity contribution >= 4 is 9.84 Å². The molecule has 0 saturated heterocycles. The van der Waals surface area contributed by atoms with Gasteiger partial charge in [0, 0.05) is 6.04 Å². The van der Waals surface area contributed by atoms with Gasteiger partial charge < -0.3 is 5.32 Å². The van der Waals surface area contributed by atoms with Gasteiger partial charge in [0.1, 0.15) is 0 Å². The molecule has 0 saturated carbocycles. The van der Waals surface area contributed by atoms with Gasteiger partial charge in [0.05, 0.1) is 11.0 Å². The van der Waals surface area contributed by atoms with Gasteiger partial charge in [-0.2, -0.15) is 0 Å². The van der Waals surface area contributed by atoms with Crippen LogP contribution in [0, 0.1) is 5.92 Å². The van der Waals surface area contributed by atoms with E-state index in [9.17, 15) is 8.42 Å². The summed E-state index contributed by atoms with van der Waals surface area (Å²) in [6, 6.07) is 0.0763. The van der Waals surface area contributed by atoms with Gasteiger partial charge in [-0.15, -0.1) is 0 Å². The minimum absolute atomic E-state index is 0.0763. The summed E-state index contributed by atoms with van der Waals surface area (Å²) in [7, 11) is -2.93. The van der Waals surface area contributed by atoms with E-state index in [1.807, 2.05) is 20.8 Å². The van der Waals surface area contributed by atoms with Gasteiger partial charge in [-0.25, -0.2) is 8.42 Å². The lowest BCUT2D eigenvalue weighted by atomic mass is 10.1. The molecule has 0 rings (SSSR count). The zero-order valence-corrected chi connectivity index (χ0v) is 10.7. The molecule has 0 aliphatic rings. The molecule has 0 spiro atoms. The Morgan fingerprint density at radius 3 is 1.93 bits per heavy atom. The fourth-order valence-corrected chi connectivity index (χ4v) is 2.58. The molecule has 4 heteroatoms. The first-order valence-corrected chi connectivity index (χ1v) is 6.97. The highest BCUT2D eigenvalue weighted by Crippen LogP contribution is 2.09. The molecule has 0 amide bonds. The average molecular weight is 221 g/mol. The number of nitrogens with one attached hydrogen (secondary N) is 1. The minimum atomic E-state index is -2.93. The summed E-state index contributed by atoms with van der Waals surface area (Å²) in [5, 5.41) is 2.94. The zero-order chi connectivity index (χ0) is 11.4. The lowest BCUT2D eigenvalue weighted by Gasteiger charge is -2.22. The van der Waals surface area contributed by atoms with Crippen LogP contribution in [-0.2, 0) is 9.84 Å². The Balaban J connectivity index is 4.45. The number of hydrogen-bond acceptors (Lipinski definition) is 3. The first kappa shape index (κ1) is 13.9. The van der Waals surface area contributed by atoms with E-state index in [1.54, 1.807) is 13.8 Å². The smallest absolute Gasteiger partial charge is 0.154 e. The molecule has 3 nitrogen and oxygen atoms in total. The van der Waals surface area contributed by atoms with Crippen LogP contribution in [0.5, 0.6) is 0 Å². The largest absolute Gasteiger partial charge is 0.313 e. The molecule has 0 bridgehead atoms. The van der Waals surface area contributed by atoms with Gasteiger partial charge in [0.25, 0.3) is 0 Å². The van der Waals surface area contributed by atoms with Gasteiger partial charge in [-0.1, -0.05) is 20.8 Å². The van der Waals surface area contributed by atoms with Crippen molar-refractivity contribution in [2.45, 2.75) is 45.9 Å². The van der Waals surface area contributed by atoms with E-state index in [2.05, 4.69) is 5.32 Å². The normalized spacial score (nSPS) is 15.1. The third-order valence-electron chi connectivity index (χ3n) is 2.40. The van der Waals surface area contributed by atoms with Crippen LogP contribution in [0.4, 0.5) is 0 Å². The minimum Gasteiger partial charge on any atom is -0.313 e. The molecule has 14 heavy (non-hydrogen) atoms. The first-order valence-electron chi connectivity index (χ1n) is 5.26. The predicted octanol–water partition coefficient (Wildman–Crippen LogP) is 1.44. The van der Waals surface area contributed by atoms with Crippen molar-refractivity contribution in [2.24, 2.45) is 5.92 Å². The molecule has 1 atom stereocenters. The van der Waals surface area contributed by atoms with Gasteiger partial charge in [0.2, 0.25) is 0 Å². The quantitative estimate of drug-likeness (QED) is 0.738. The van der Waals surface area contributed by atoms with E-state index in [-0.39, 0.29) is 17.0 Å². The van der Waals surface area contributed by atoms with Crippen molar-refractivity contribution in [1.82, 2.24) is 5.32 Å². The number of sulfone groups is 1. The van der Waals surface area contributed by atoms with Crippen molar-refractivity contribution in [3.8, 4) is 0 Å². The maximum absolute atomic E-state index is 11.7. The van der Waals surface area contributed by atoms with Gasteiger partial charge in [-0.05, 0) is 26.3 Å². The van der Waals surface area contributed by atoms with Crippen molar-refractivity contribution in [2.75, 3.05) is 12.3 Å². The van der Waals surface area contributed by atoms with E-state index in [4.69, 9.17) is 0 Å². The second-order valence-electron chi connectivity index (χ2n) is 4.29. The highest BCUT2D eigenvalue weighted by molar-refractivity contribution is 7.92.